The molecule has 6 rings (SSSR count). The fourth-order valence-electron chi connectivity index (χ4n) is 8.39. The summed E-state index contributed by atoms with van der Waals surface area (Å²) in [6, 6.07) is 11.2. The molecule has 23 heteroatoms. The van der Waals surface area contributed by atoms with Gasteiger partial charge in [0.05, 0.1) is 25.1 Å². The SMILES string of the molecule is Nc1nc2ncc(CNc3ccc(C(=O)NC(CCC(=O)NCNC(=O)c4cc(CN5CCCNCCNCCCNCC5)ccc4CN4CCCNCCNCCCNCC4)C(=O)O)cc3)nc2c(=O)[nH]1. The first kappa shape index (κ1) is 55.1. The first-order valence-electron chi connectivity index (χ1n) is 25.4. The van der Waals surface area contributed by atoms with Crippen molar-refractivity contribution in [2.24, 2.45) is 0 Å². The molecule has 4 heterocycles. The number of amides is 3. The number of benzene rings is 2. The number of carbonyl (C=O) groups is 4. The van der Waals surface area contributed by atoms with E-state index in [4.69, 9.17) is 5.73 Å². The summed E-state index contributed by atoms with van der Waals surface area (Å²) >= 11 is 0. The van der Waals surface area contributed by atoms with E-state index >= 15 is 0 Å². The van der Waals surface area contributed by atoms with E-state index in [-0.39, 0.29) is 54.6 Å². The summed E-state index contributed by atoms with van der Waals surface area (Å²) in [5.41, 5.74) is 9.02. The first-order valence-corrected chi connectivity index (χ1v) is 25.4. The molecule has 392 valence electrons. The summed E-state index contributed by atoms with van der Waals surface area (Å²) in [5, 5.41) is 42.4. The monoisotopic (exact) mass is 998 g/mol. The number of nitrogens with one attached hydrogen (secondary N) is 11. The van der Waals surface area contributed by atoms with E-state index in [1.54, 1.807) is 12.1 Å². The average Bonchev–Trinajstić information content (AvgIpc) is 3.37. The molecule has 3 amide bonds. The number of aliphatic carboxylic acids is 1. The van der Waals surface area contributed by atoms with Crippen LogP contribution in [-0.2, 0) is 29.2 Å². The lowest BCUT2D eigenvalue weighted by atomic mass is 10.0. The van der Waals surface area contributed by atoms with Crippen molar-refractivity contribution in [1.82, 2.24) is 77.6 Å². The molecular weight excluding hydrogens is 923 g/mol. The zero-order valence-corrected chi connectivity index (χ0v) is 41.4. The van der Waals surface area contributed by atoms with Crippen molar-refractivity contribution in [2.75, 3.05) is 122 Å². The van der Waals surface area contributed by atoms with E-state index in [0.717, 1.165) is 142 Å². The summed E-state index contributed by atoms with van der Waals surface area (Å²) in [6.45, 7) is 15.9. The Morgan fingerprint density at radius 3 is 1.94 bits per heavy atom. The number of carboxylic acids is 1. The number of nitrogens with two attached hydrogens (primary N) is 1. The summed E-state index contributed by atoms with van der Waals surface area (Å²) in [7, 11) is 0. The van der Waals surface area contributed by atoms with Crippen molar-refractivity contribution >= 4 is 46.5 Å². The number of anilines is 2. The number of hydrogen-bond donors (Lipinski definition) is 13. The Hall–Kier alpha value is -6.18. The maximum atomic E-state index is 14.1. The highest BCUT2D eigenvalue weighted by Gasteiger charge is 2.23. The molecule has 14 N–H and O–H groups in total. The van der Waals surface area contributed by atoms with Crippen LogP contribution in [0.3, 0.4) is 0 Å². The molecule has 4 aromatic rings. The number of fused-ring (bicyclic) bond motifs is 1. The third-order valence-corrected chi connectivity index (χ3v) is 12.4. The van der Waals surface area contributed by atoms with E-state index in [0.29, 0.717) is 30.0 Å². The summed E-state index contributed by atoms with van der Waals surface area (Å²) < 4.78 is 0. The zero-order chi connectivity index (χ0) is 50.8. The van der Waals surface area contributed by atoms with Gasteiger partial charge in [0.25, 0.3) is 17.4 Å². The minimum Gasteiger partial charge on any atom is -0.480 e. The molecule has 0 spiro atoms. The second-order valence-electron chi connectivity index (χ2n) is 18.1. The summed E-state index contributed by atoms with van der Waals surface area (Å²) in [5.74, 6) is -2.78. The number of hydrogen-bond acceptors (Lipinski definition) is 18. The number of H-pyrrole nitrogens is 1. The lowest BCUT2D eigenvalue weighted by Crippen LogP contribution is -2.42. The minimum atomic E-state index is -1.35. The molecule has 0 saturated carbocycles. The molecule has 0 aliphatic carbocycles. The highest BCUT2D eigenvalue weighted by Crippen LogP contribution is 2.18. The number of carbonyl (C=O) groups excluding carboxylic acids is 3. The van der Waals surface area contributed by atoms with Crippen molar-refractivity contribution in [2.45, 2.75) is 64.2 Å². The van der Waals surface area contributed by atoms with Crippen LogP contribution >= 0.6 is 0 Å². The highest BCUT2D eigenvalue weighted by atomic mass is 16.4. The second-order valence-corrected chi connectivity index (χ2v) is 18.1. The smallest absolute Gasteiger partial charge is 0.326 e. The van der Waals surface area contributed by atoms with Gasteiger partial charge in [0.1, 0.15) is 6.04 Å². The highest BCUT2D eigenvalue weighted by molar-refractivity contribution is 5.97. The molecule has 1 atom stereocenters. The van der Waals surface area contributed by atoms with Crippen LogP contribution in [0.4, 0.5) is 11.6 Å². The Bertz CT molecular complexity index is 2360. The van der Waals surface area contributed by atoms with Crippen LogP contribution in [0.25, 0.3) is 11.2 Å². The maximum Gasteiger partial charge on any atom is 0.326 e. The van der Waals surface area contributed by atoms with E-state index in [9.17, 15) is 29.1 Å². The fraction of sp³-hybridized carbons (Fsp3) is 0.551. The van der Waals surface area contributed by atoms with E-state index in [2.05, 4.69) is 95.0 Å². The van der Waals surface area contributed by atoms with Crippen molar-refractivity contribution in [1.29, 1.82) is 0 Å². The zero-order valence-electron chi connectivity index (χ0n) is 41.4. The molecule has 0 radical (unpaired) electrons. The van der Waals surface area contributed by atoms with Gasteiger partial charge in [0.15, 0.2) is 11.2 Å². The number of nitrogen functional groups attached to an aromatic ring is 1. The third kappa shape index (κ3) is 19.4. The fourth-order valence-corrected chi connectivity index (χ4v) is 8.39. The molecule has 2 aromatic heterocycles. The molecule has 1 unspecified atom stereocenters. The van der Waals surface area contributed by atoms with E-state index < -0.39 is 29.4 Å². The van der Waals surface area contributed by atoms with Crippen molar-refractivity contribution in [3.05, 3.63) is 87.0 Å². The standard InChI is InChI=1S/C49H75N17O6/c50-49-63-44-43(47(70)64-49)61-39(31-58-44)30-57-38-9-7-36(8-10-38)45(68)62-41(48(71)72)11-12-42(67)59-34-60-46(69)40-29-35(32-65-25-3-17-53-21-19-51-13-1-15-55-23-27-65)5-6-37(40)33-66-26-4-18-54-22-20-52-14-2-16-56-24-28-66/h5-10,29,31,41,51-57H,1-4,11-28,30,32-34H2,(H,59,67)(H,60,69)(H,62,68)(H,71,72)(H3,50,58,63,64,70). The van der Waals surface area contributed by atoms with Crippen molar-refractivity contribution in [3.8, 4) is 0 Å². The Morgan fingerprint density at radius 1 is 0.694 bits per heavy atom. The van der Waals surface area contributed by atoms with Crippen LogP contribution in [0.5, 0.6) is 0 Å². The lowest BCUT2D eigenvalue weighted by Gasteiger charge is -2.26. The number of aromatic nitrogens is 4. The number of nitrogens with zero attached hydrogens (tertiary/aromatic N) is 5. The third-order valence-electron chi connectivity index (χ3n) is 12.4. The van der Waals surface area contributed by atoms with Gasteiger partial charge in [0, 0.05) is 88.7 Å². The van der Waals surface area contributed by atoms with Gasteiger partial charge in [-0.05, 0) is 126 Å². The molecular formula is C49H75N17O6. The Morgan fingerprint density at radius 2 is 1.31 bits per heavy atom. The minimum absolute atomic E-state index is 0.0508. The van der Waals surface area contributed by atoms with Crippen molar-refractivity contribution in [3.63, 3.8) is 0 Å². The van der Waals surface area contributed by atoms with Crippen LogP contribution in [0, 0.1) is 0 Å². The summed E-state index contributed by atoms with van der Waals surface area (Å²) in [4.78, 5) is 84.4. The Kier molecular flexibility index (Phi) is 23.5. The molecule has 72 heavy (non-hydrogen) atoms. The summed E-state index contributed by atoms with van der Waals surface area (Å²) in [6.07, 6.45) is 5.15. The molecule has 2 aliphatic rings. The van der Waals surface area contributed by atoms with Gasteiger partial charge in [-0.2, -0.15) is 4.98 Å². The molecule has 23 nitrogen and oxygen atoms in total. The predicted molar refractivity (Wildman–Crippen MR) is 277 cm³/mol. The van der Waals surface area contributed by atoms with Gasteiger partial charge in [-0.15, -0.1) is 0 Å². The molecule has 2 aromatic carbocycles. The molecule has 0 bridgehead atoms. The van der Waals surface area contributed by atoms with Gasteiger partial charge >= 0.3 is 5.97 Å². The van der Waals surface area contributed by atoms with Gasteiger partial charge in [-0.3, -0.25) is 34.0 Å². The molecule has 2 fully saturated rings. The van der Waals surface area contributed by atoms with Crippen molar-refractivity contribution < 1.29 is 24.3 Å². The maximum absolute atomic E-state index is 14.1. The van der Waals surface area contributed by atoms with Gasteiger partial charge < -0.3 is 64.0 Å². The van der Waals surface area contributed by atoms with Crippen LogP contribution in [0.2, 0.25) is 0 Å². The second kappa shape index (κ2) is 30.6. The first-order chi connectivity index (χ1) is 35.1. The quantitative estimate of drug-likeness (QED) is 0.0606. The predicted octanol–water partition coefficient (Wildman–Crippen LogP) is -0.897. The van der Waals surface area contributed by atoms with Crippen LogP contribution in [0.1, 0.15) is 76.1 Å². The molecule has 2 saturated heterocycles. The lowest BCUT2D eigenvalue weighted by molar-refractivity contribution is -0.139. The van der Waals surface area contributed by atoms with Gasteiger partial charge in [-0.1, -0.05) is 12.1 Å². The molecule has 2 aliphatic heterocycles. The van der Waals surface area contributed by atoms with Gasteiger partial charge in [-0.25, -0.2) is 14.8 Å². The van der Waals surface area contributed by atoms with Gasteiger partial charge in [0.2, 0.25) is 11.9 Å². The Balaban J connectivity index is 1.03. The van der Waals surface area contributed by atoms with E-state index in [1.807, 2.05) is 6.07 Å². The largest absolute Gasteiger partial charge is 0.480 e. The van der Waals surface area contributed by atoms with Crippen LogP contribution in [0.15, 0.2) is 53.5 Å². The Labute approximate surface area is 420 Å². The van der Waals surface area contributed by atoms with Crippen LogP contribution < -0.4 is 64.5 Å². The number of carboxylic acid groups (broad SMARTS) is 1. The normalized spacial score (nSPS) is 17.4. The number of aromatic amines is 1. The number of rotatable bonds is 16. The van der Waals surface area contributed by atoms with E-state index in [1.165, 1.54) is 18.3 Å². The topological polar surface area (TPSA) is 313 Å². The average molecular weight is 998 g/mol. The van der Waals surface area contributed by atoms with Crippen LogP contribution in [-0.4, -0.2) is 176 Å².